The van der Waals surface area contributed by atoms with Gasteiger partial charge in [-0.15, -0.1) is 0 Å². The standard InChI is InChI=1S/C11H10F3N3/c1-17-3-2-15-10(17)6-16-7-4-8(12)11(14)9(13)5-7/h2-5,16H,6H2,1H3. The van der Waals surface area contributed by atoms with Gasteiger partial charge < -0.3 is 9.88 Å². The van der Waals surface area contributed by atoms with E-state index in [4.69, 9.17) is 0 Å². The summed E-state index contributed by atoms with van der Waals surface area (Å²) in [5.41, 5.74) is 0.171. The zero-order chi connectivity index (χ0) is 12.4. The van der Waals surface area contributed by atoms with Gasteiger partial charge in [-0.05, 0) is 0 Å². The van der Waals surface area contributed by atoms with E-state index in [9.17, 15) is 13.2 Å². The van der Waals surface area contributed by atoms with E-state index < -0.39 is 17.5 Å². The number of aromatic nitrogens is 2. The van der Waals surface area contributed by atoms with Crippen LogP contribution in [0.4, 0.5) is 18.9 Å². The van der Waals surface area contributed by atoms with E-state index >= 15 is 0 Å². The summed E-state index contributed by atoms with van der Waals surface area (Å²) in [6, 6.07) is 1.81. The first-order valence-corrected chi connectivity index (χ1v) is 4.92. The highest BCUT2D eigenvalue weighted by Gasteiger charge is 2.10. The maximum Gasteiger partial charge on any atom is 0.194 e. The molecule has 0 aliphatic carbocycles. The molecule has 90 valence electrons. The lowest BCUT2D eigenvalue weighted by Gasteiger charge is -2.07. The van der Waals surface area contributed by atoms with Gasteiger partial charge in [0, 0.05) is 37.3 Å². The molecule has 0 radical (unpaired) electrons. The predicted octanol–water partition coefficient (Wildman–Crippen LogP) is 2.45. The Kier molecular flexibility index (Phi) is 3.03. The minimum Gasteiger partial charge on any atom is -0.378 e. The third-order valence-corrected chi connectivity index (χ3v) is 2.36. The van der Waals surface area contributed by atoms with Crippen LogP contribution in [-0.4, -0.2) is 9.55 Å². The van der Waals surface area contributed by atoms with Crippen LogP contribution >= 0.6 is 0 Å². The fraction of sp³-hybridized carbons (Fsp3) is 0.182. The van der Waals surface area contributed by atoms with Crippen molar-refractivity contribution in [3.05, 3.63) is 47.8 Å². The lowest BCUT2D eigenvalue weighted by Crippen LogP contribution is -2.06. The maximum atomic E-state index is 12.9. The van der Waals surface area contributed by atoms with Crippen molar-refractivity contribution < 1.29 is 13.2 Å². The molecule has 0 bridgehead atoms. The van der Waals surface area contributed by atoms with E-state index in [1.165, 1.54) is 0 Å². The molecule has 0 saturated heterocycles. The van der Waals surface area contributed by atoms with Crippen molar-refractivity contribution in [1.29, 1.82) is 0 Å². The fourth-order valence-electron chi connectivity index (χ4n) is 1.41. The number of imidazole rings is 1. The van der Waals surface area contributed by atoms with Crippen molar-refractivity contribution in [2.45, 2.75) is 6.54 Å². The van der Waals surface area contributed by atoms with Crippen molar-refractivity contribution in [2.75, 3.05) is 5.32 Å². The number of nitrogens with one attached hydrogen (secondary N) is 1. The summed E-state index contributed by atoms with van der Waals surface area (Å²) in [4.78, 5) is 4.03. The van der Waals surface area contributed by atoms with Crippen molar-refractivity contribution in [3.8, 4) is 0 Å². The highest BCUT2D eigenvalue weighted by Crippen LogP contribution is 2.17. The molecule has 0 fully saturated rings. The third-order valence-electron chi connectivity index (χ3n) is 2.36. The van der Waals surface area contributed by atoms with Gasteiger partial charge in [0.2, 0.25) is 0 Å². The quantitative estimate of drug-likeness (QED) is 0.836. The first kappa shape index (κ1) is 11.5. The topological polar surface area (TPSA) is 29.9 Å². The zero-order valence-electron chi connectivity index (χ0n) is 9.04. The maximum absolute atomic E-state index is 12.9. The number of hydrogen-bond acceptors (Lipinski definition) is 2. The molecule has 3 nitrogen and oxygen atoms in total. The Hall–Kier alpha value is -1.98. The normalized spacial score (nSPS) is 10.6. The Morgan fingerprint density at radius 1 is 1.24 bits per heavy atom. The summed E-state index contributed by atoms with van der Waals surface area (Å²) < 4.78 is 40.3. The highest BCUT2D eigenvalue weighted by molar-refractivity contribution is 5.44. The van der Waals surface area contributed by atoms with E-state index in [0.29, 0.717) is 12.4 Å². The number of hydrogen-bond donors (Lipinski definition) is 1. The molecule has 0 aliphatic heterocycles. The van der Waals surface area contributed by atoms with Gasteiger partial charge in [0.25, 0.3) is 0 Å². The second-order valence-electron chi connectivity index (χ2n) is 3.56. The number of halogens is 3. The average molecular weight is 241 g/mol. The molecule has 0 unspecified atom stereocenters. The van der Waals surface area contributed by atoms with Crippen LogP contribution in [0.15, 0.2) is 24.5 Å². The Balaban J connectivity index is 2.12. The van der Waals surface area contributed by atoms with Crippen molar-refractivity contribution in [2.24, 2.45) is 7.05 Å². The van der Waals surface area contributed by atoms with Gasteiger partial charge in [-0.3, -0.25) is 0 Å². The van der Waals surface area contributed by atoms with Crippen LogP contribution in [-0.2, 0) is 13.6 Å². The average Bonchev–Trinajstić information content (AvgIpc) is 2.69. The number of anilines is 1. The summed E-state index contributed by atoms with van der Waals surface area (Å²) in [6.45, 7) is 0.300. The molecule has 6 heteroatoms. The van der Waals surface area contributed by atoms with E-state index in [1.54, 1.807) is 24.0 Å². The highest BCUT2D eigenvalue weighted by atomic mass is 19.2. The Morgan fingerprint density at radius 2 is 1.88 bits per heavy atom. The van der Waals surface area contributed by atoms with Gasteiger partial charge in [0.1, 0.15) is 5.82 Å². The molecule has 1 N–H and O–H groups in total. The van der Waals surface area contributed by atoms with Crippen LogP contribution < -0.4 is 5.32 Å². The first-order valence-electron chi connectivity index (χ1n) is 4.92. The van der Waals surface area contributed by atoms with Gasteiger partial charge in [0.05, 0.1) is 6.54 Å². The summed E-state index contributed by atoms with van der Waals surface area (Å²) in [6.07, 6.45) is 3.37. The number of nitrogens with zero attached hydrogens (tertiary/aromatic N) is 2. The monoisotopic (exact) mass is 241 g/mol. The van der Waals surface area contributed by atoms with Gasteiger partial charge in [0.15, 0.2) is 17.5 Å². The van der Waals surface area contributed by atoms with Gasteiger partial charge >= 0.3 is 0 Å². The van der Waals surface area contributed by atoms with Gasteiger partial charge in [-0.2, -0.15) is 0 Å². The summed E-state index contributed by atoms with van der Waals surface area (Å²) >= 11 is 0. The second kappa shape index (κ2) is 4.48. The number of aryl methyl sites for hydroxylation is 1. The molecule has 1 aromatic carbocycles. The summed E-state index contributed by atoms with van der Waals surface area (Å²) in [5.74, 6) is -3.19. The van der Waals surface area contributed by atoms with E-state index in [0.717, 1.165) is 12.1 Å². The van der Waals surface area contributed by atoms with Crippen LogP contribution in [0.25, 0.3) is 0 Å². The molecule has 17 heavy (non-hydrogen) atoms. The lowest BCUT2D eigenvalue weighted by molar-refractivity contribution is 0.447. The molecular formula is C11H10F3N3. The molecule has 2 rings (SSSR count). The van der Waals surface area contributed by atoms with Crippen LogP contribution in [0.2, 0.25) is 0 Å². The van der Waals surface area contributed by atoms with Crippen LogP contribution in [0, 0.1) is 17.5 Å². The third kappa shape index (κ3) is 2.41. The minimum absolute atomic E-state index is 0.171. The van der Waals surface area contributed by atoms with Crippen molar-refractivity contribution in [1.82, 2.24) is 9.55 Å². The molecule has 0 amide bonds. The van der Waals surface area contributed by atoms with E-state index in [-0.39, 0.29) is 5.69 Å². The van der Waals surface area contributed by atoms with Crippen LogP contribution in [0.1, 0.15) is 5.82 Å². The second-order valence-corrected chi connectivity index (χ2v) is 3.56. The molecule has 1 aromatic heterocycles. The zero-order valence-corrected chi connectivity index (χ0v) is 9.04. The van der Waals surface area contributed by atoms with Crippen molar-refractivity contribution >= 4 is 5.69 Å². The molecule has 1 heterocycles. The molecule has 2 aromatic rings. The lowest BCUT2D eigenvalue weighted by atomic mass is 10.3. The Morgan fingerprint density at radius 3 is 2.41 bits per heavy atom. The first-order chi connectivity index (χ1) is 8.08. The van der Waals surface area contributed by atoms with Crippen LogP contribution in [0.3, 0.4) is 0 Å². The van der Waals surface area contributed by atoms with Gasteiger partial charge in [-0.1, -0.05) is 0 Å². The SMILES string of the molecule is Cn1ccnc1CNc1cc(F)c(F)c(F)c1. The molecule has 0 spiro atoms. The predicted molar refractivity (Wildman–Crippen MR) is 56.9 cm³/mol. The van der Waals surface area contributed by atoms with E-state index in [1.807, 2.05) is 0 Å². The van der Waals surface area contributed by atoms with Crippen LogP contribution in [0.5, 0.6) is 0 Å². The summed E-state index contributed by atoms with van der Waals surface area (Å²) in [7, 11) is 1.80. The molecule has 0 saturated carbocycles. The Bertz CT molecular complexity index is 514. The largest absolute Gasteiger partial charge is 0.378 e. The summed E-state index contributed by atoms with van der Waals surface area (Å²) in [5, 5.41) is 2.77. The van der Waals surface area contributed by atoms with E-state index in [2.05, 4.69) is 10.3 Å². The molecule has 0 atom stereocenters. The molecular weight excluding hydrogens is 231 g/mol. The Labute approximate surface area is 95.9 Å². The van der Waals surface area contributed by atoms with Crippen molar-refractivity contribution in [3.63, 3.8) is 0 Å². The van der Waals surface area contributed by atoms with Gasteiger partial charge in [-0.25, -0.2) is 18.2 Å². The number of rotatable bonds is 3. The number of benzene rings is 1. The fourth-order valence-corrected chi connectivity index (χ4v) is 1.41. The minimum atomic E-state index is -1.47. The smallest absolute Gasteiger partial charge is 0.194 e. The molecule has 0 aliphatic rings.